The van der Waals surface area contributed by atoms with E-state index in [1.165, 1.54) is 24.5 Å². The second-order valence-electron chi connectivity index (χ2n) is 11.5. The fraction of sp³-hybridized carbons (Fsp3) is 0.273. The molecule has 0 radical (unpaired) electrons. The first-order chi connectivity index (χ1) is 21.0. The van der Waals surface area contributed by atoms with Gasteiger partial charge in [-0.1, -0.05) is 12.1 Å². The molecule has 0 amide bonds. The van der Waals surface area contributed by atoms with Gasteiger partial charge >= 0.3 is 0 Å². The Morgan fingerprint density at radius 2 is 1.86 bits per heavy atom. The lowest BCUT2D eigenvalue weighted by Crippen LogP contribution is -2.20. The summed E-state index contributed by atoms with van der Waals surface area (Å²) in [6.07, 6.45) is 8.12. The summed E-state index contributed by atoms with van der Waals surface area (Å²) in [4.78, 5) is 22.2. The normalized spacial score (nSPS) is 14.0. The largest absolute Gasteiger partial charge is 0.384 e. The van der Waals surface area contributed by atoms with Gasteiger partial charge in [-0.05, 0) is 87.6 Å². The van der Waals surface area contributed by atoms with E-state index in [1.54, 1.807) is 12.3 Å². The molecule has 5 heterocycles. The second-order valence-corrected chi connectivity index (χ2v) is 11.5. The number of pyridine rings is 2. The molecule has 7 rings (SSSR count). The maximum atomic E-state index is 14.7. The molecule has 1 aliphatic rings. The maximum Gasteiger partial charge on any atom is 0.159 e. The number of H-pyrrole nitrogens is 2. The summed E-state index contributed by atoms with van der Waals surface area (Å²) in [6.45, 7) is 4.74. The van der Waals surface area contributed by atoms with Gasteiger partial charge in [0.15, 0.2) is 5.82 Å². The van der Waals surface area contributed by atoms with Gasteiger partial charge in [0.1, 0.15) is 11.5 Å². The molecule has 2 aromatic carbocycles. The predicted octanol–water partition coefficient (Wildman–Crippen LogP) is 5.94. The molecular formula is C33H34FN9. The van der Waals surface area contributed by atoms with E-state index in [-0.39, 0.29) is 5.82 Å². The monoisotopic (exact) mass is 575 g/mol. The van der Waals surface area contributed by atoms with Crippen LogP contribution in [0.1, 0.15) is 18.4 Å². The second kappa shape index (κ2) is 11.5. The molecule has 10 heteroatoms. The summed E-state index contributed by atoms with van der Waals surface area (Å²) >= 11 is 0. The number of nitrogens with zero attached hydrogens (tertiary/aromatic N) is 6. The molecule has 0 spiro atoms. The number of rotatable bonds is 9. The number of likely N-dealkylation sites (tertiary alicyclic amines) is 1. The lowest BCUT2D eigenvalue weighted by Gasteiger charge is -2.14. The summed E-state index contributed by atoms with van der Waals surface area (Å²) < 4.78 is 14.7. The van der Waals surface area contributed by atoms with Crippen molar-refractivity contribution >= 4 is 27.6 Å². The van der Waals surface area contributed by atoms with Crippen LogP contribution in [0.4, 0.5) is 10.1 Å². The molecule has 1 aliphatic heterocycles. The summed E-state index contributed by atoms with van der Waals surface area (Å²) in [7, 11) is 4.03. The highest BCUT2D eigenvalue weighted by Gasteiger charge is 2.18. The zero-order chi connectivity index (χ0) is 29.3. The lowest BCUT2D eigenvalue weighted by atomic mass is 10.0. The number of benzene rings is 2. The van der Waals surface area contributed by atoms with Gasteiger partial charge in [-0.15, -0.1) is 0 Å². The Labute approximate surface area is 249 Å². The van der Waals surface area contributed by atoms with Crippen molar-refractivity contribution in [3.05, 3.63) is 78.5 Å². The third-order valence-electron chi connectivity index (χ3n) is 7.98. The number of imidazole rings is 1. The summed E-state index contributed by atoms with van der Waals surface area (Å²) in [6, 6.07) is 15.2. The zero-order valence-corrected chi connectivity index (χ0v) is 24.4. The highest BCUT2D eigenvalue weighted by Crippen LogP contribution is 2.34. The Kier molecular flexibility index (Phi) is 7.30. The van der Waals surface area contributed by atoms with E-state index >= 15 is 0 Å². The first kappa shape index (κ1) is 27.2. The molecule has 6 aromatic rings. The molecule has 3 N–H and O–H groups in total. The molecule has 0 atom stereocenters. The summed E-state index contributed by atoms with van der Waals surface area (Å²) in [5, 5.41) is 11.9. The molecular weight excluding hydrogens is 541 g/mol. The van der Waals surface area contributed by atoms with Crippen molar-refractivity contribution in [2.45, 2.75) is 19.4 Å². The number of hydrogen-bond donors (Lipinski definition) is 3. The molecule has 43 heavy (non-hydrogen) atoms. The number of aromatic amines is 2. The average Bonchev–Trinajstić information content (AvgIpc) is 3.76. The minimum absolute atomic E-state index is 0.296. The molecule has 0 aliphatic carbocycles. The Morgan fingerprint density at radius 1 is 0.977 bits per heavy atom. The van der Waals surface area contributed by atoms with Gasteiger partial charge in [-0.2, -0.15) is 5.10 Å². The van der Waals surface area contributed by atoms with Crippen molar-refractivity contribution < 1.29 is 4.39 Å². The number of hydrogen-bond acceptors (Lipinski definition) is 7. The Morgan fingerprint density at radius 3 is 2.72 bits per heavy atom. The Hall–Kier alpha value is -4.67. The van der Waals surface area contributed by atoms with Gasteiger partial charge in [0.2, 0.25) is 0 Å². The quantitative estimate of drug-likeness (QED) is 0.196. The smallest absolute Gasteiger partial charge is 0.159 e. The van der Waals surface area contributed by atoms with Crippen LogP contribution in [-0.2, 0) is 6.54 Å². The minimum atomic E-state index is -0.296. The molecule has 0 unspecified atom stereocenters. The number of anilines is 1. The first-order valence-corrected chi connectivity index (χ1v) is 14.7. The highest BCUT2D eigenvalue weighted by atomic mass is 19.1. The number of fused-ring (bicyclic) bond motifs is 2. The summed E-state index contributed by atoms with van der Waals surface area (Å²) in [5.41, 5.74) is 8.46. The van der Waals surface area contributed by atoms with Crippen LogP contribution in [0.5, 0.6) is 0 Å². The van der Waals surface area contributed by atoms with Crippen molar-refractivity contribution in [2.75, 3.05) is 45.6 Å². The molecule has 218 valence electrons. The van der Waals surface area contributed by atoms with Crippen LogP contribution in [0.2, 0.25) is 0 Å². The topological polar surface area (TPSA) is 102 Å². The molecule has 0 saturated carbocycles. The Balaban J connectivity index is 1.22. The first-order valence-electron chi connectivity index (χ1n) is 14.7. The van der Waals surface area contributed by atoms with Crippen LogP contribution in [0, 0.1) is 5.82 Å². The summed E-state index contributed by atoms with van der Waals surface area (Å²) in [5.74, 6) is 0.336. The van der Waals surface area contributed by atoms with E-state index in [9.17, 15) is 4.39 Å². The van der Waals surface area contributed by atoms with Crippen LogP contribution in [0.15, 0.2) is 67.1 Å². The van der Waals surface area contributed by atoms with Crippen molar-refractivity contribution in [2.24, 2.45) is 0 Å². The Bertz CT molecular complexity index is 1900. The standard InChI is InChI=1S/C33H34FN9/c1-42(2)11-8-36-25-14-22(13-24(34)15-25)26-6-5-7-28-31(26)39-33(38-28)32-27-16-29(37-19-30(27)40-41-32)23-12-21(17-35-18-23)20-43-9-3-4-10-43/h5-7,12-19,36H,3-4,8-11,20H2,1-2H3,(H,38,39)(H,40,41). The van der Waals surface area contributed by atoms with Crippen LogP contribution in [0.25, 0.3) is 55.8 Å². The number of para-hydroxylation sites is 1. The number of halogens is 1. The molecule has 1 saturated heterocycles. The van der Waals surface area contributed by atoms with Gasteiger partial charge in [0.25, 0.3) is 0 Å². The van der Waals surface area contributed by atoms with E-state index in [4.69, 9.17) is 9.97 Å². The van der Waals surface area contributed by atoms with Crippen molar-refractivity contribution in [1.29, 1.82) is 0 Å². The number of nitrogens with one attached hydrogen (secondary N) is 3. The third-order valence-corrected chi connectivity index (χ3v) is 7.98. The lowest BCUT2D eigenvalue weighted by molar-refractivity contribution is 0.331. The number of aromatic nitrogens is 6. The van der Waals surface area contributed by atoms with Crippen molar-refractivity contribution in [3.8, 4) is 33.9 Å². The molecule has 4 aromatic heterocycles. The molecule has 0 bridgehead atoms. The van der Waals surface area contributed by atoms with Crippen LogP contribution >= 0.6 is 0 Å². The number of likely N-dealkylation sites (N-methyl/N-ethyl adjacent to an activating group) is 1. The van der Waals surface area contributed by atoms with Gasteiger partial charge in [-0.25, -0.2) is 9.37 Å². The third kappa shape index (κ3) is 5.71. The fourth-order valence-electron chi connectivity index (χ4n) is 5.82. The van der Waals surface area contributed by atoms with Gasteiger partial charge in [-0.3, -0.25) is 20.0 Å². The van der Waals surface area contributed by atoms with Crippen LogP contribution in [-0.4, -0.2) is 80.2 Å². The molecule has 9 nitrogen and oxygen atoms in total. The van der Waals surface area contributed by atoms with E-state index in [0.29, 0.717) is 18.1 Å². The van der Waals surface area contributed by atoms with E-state index < -0.39 is 0 Å². The van der Waals surface area contributed by atoms with Crippen LogP contribution in [0.3, 0.4) is 0 Å². The van der Waals surface area contributed by atoms with Gasteiger partial charge in [0, 0.05) is 54.2 Å². The van der Waals surface area contributed by atoms with E-state index in [2.05, 4.69) is 41.3 Å². The van der Waals surface area contributed by atoms with Crippen LogP contribution < -0.4 is 5.32 Å². The fourth-order valence-corrected chi connectivity index (χ4v) is 5.82. The van der Waals surface area contributed by atoms with Gasteiger partial charge in [0.05, 0.1) is 28.4 Å². The maximum absolute atomic E-state index is 14.7. The highest BCUT2D eigenvalue weighted by molar-refractivity contribution is 5.98. The minimum Gasteiger partial charge on any atom is -0.384 e. The SMILES string of the molecule is CN(C)CCNc1cc(F)cc(-c2cccc3[nH]c(-c4n[nH]c5cnc(-c6cncc(CN7CCCC7)c6)cc45)nc23)c1. The van der Waals surface area contributed by atoms with E-state index in [1.807, 2.05) is 56.8 Å². The van der Waals surface area contributed by atoms with Crippen molar-refractivity contribution in [3.63, 3.8) is 0 Å². The molecule has 1 fully saturated rings. The zero-order valence-electron chi connectivity index (χ0n) is 24.4. The van der Waals surface area contributed by atoms with Crippen molar-refractivity contribution in [1.82, 2.24) is 39.9 Å². The average molecular weight is 576 g/mol. The predicted molar refractivity (Wildman–Crippen MR) is 169 cm³/mol. The van der Waals surface area contributed by atoms with E-state index in [0.717, 1.165) is 76.2 Å². The van der Waals surface area contributed by atoms with Gasteiger partial charge < -0.3 is 15.2 Å².